The second-order valence-electron chi connectivity index (χ2n) is 10.1. The zero-order chi connectivity index (χ0) is 25.1. The van der Waals surface area contributed by atoms with Crippen molar-refractivity contribution in [1.29, 1.82) is 0 Å². The van der Waals surface area contributed by atoms with Crippen LogP contribution in [0.2, 0.25) is 0 Å². The highest BCUT2D eigenvalue weighted by Gasteiger charge is 2.46. The highest BCUT2D eigenvalue weighted by Crippen LogP contribution is 2.45. The molecule has 0 bridgehead atoms. The minimum absolute atomic E-state index is 0.0401. The van der Waals surface area contributed by atoms with Crippen molar-refractivity contribution in [2.75, 3.05) is 0 Å². The molecule has 1 aliphatic heterocycles. The number of nitrogens with zero attached hydrogens (tertiary/aromatic N) is 1. The van der Waals surface area contributed by atoms with Crippen LogP contribution in [-0.2, 0) is 22.6 Å². The van der Waals surface area contributed by atoms with Gasteiger partial charge in [-0.1, -0.05) is 20.8 Å². The summed E-state index contributed by atoms with van der Waals surface area (Å²) in [4.78, 5) is 13.8. The summed E-state index contributed by atoms with van der Waals surface area (Å²) < 4.78 is 52.9. The molecule has 2 aromatic rings. The molecule has 2 heterocycles. The Morgan fingerprint density at radius 3 is 2.33 bits per heavy atom. The molecule has 0 saturated heterocycles. The van der Waals surface area contributed by atoms with E-state index >= 15 is 0 Å². The topological polar surface area (TPSA) is 60.7 Å². The number of rotatable bonds is 3. The Bertz CT molecular complexity index is 1130. The molecule has 0 amide bonds. The summed E-state index contributed by atoms with van der Waals surface area (Å²) >= 11 is 0. The van der Waals surface area contributed by atoms with Gasteiger partial charge >= 0.3 is 6.18 Å². The molecule has 0 spiro atoms. The Labute approximate surface area is 195 Å². The predicted octanol–water partition coefficient (Wildman–Crippen LogP) is 4.50. The average molecular weight is 481 g/mol. The fourth-order valence-corrected chi connectivity index (χ4v) is 4.92. The van der Waals surface area contributed by atoms with Crippen molar-refractivity contribution < 1.29 is 27.4 Å². The van der Waals surface area contributed by atoms with Crippen LogP contribution in [0.25, 0.3) is 0 Å². The zero-order valence-corrected chi connectivity index (χ0v) is 20.8. The van der Waals surface area contributed by atoms with Crippen molar-refractivity contribution in [3.63, 3.8) is 0 Å². The third-order valence-electron chi connectivity index (χ3n) is 6.34. The first-order valence-electron chi connectivity index (χ1n) is 10.6. The van der Waals surface area contributed by atoms with Gasteiger partial charge in [0, 0.05) is 16.8 Å². The lowest BCUT2D eigenvalue weighted by Crippen LogP contribution is -2.53. The zero-order valence-electron chi connectivity index (χ0n) is 19.8. The number of aliphatic hydroxyl groups excluding tert-OH is 1. The van der Waals surface area contributed by atoms with Gasteiger partial charge in [0.05, 0.1) is 18.2 Å². The van der Waals surface area contributed by atoms with Crippen LogP contribution in [0.3, 0.4) is 0 Å². The first-order chi connectivity index (χ1) is 15.0. The number of aliphatic hydroxyl groups is 1. The molecular weight excluding hydrogens is 451 g/mol. The maximum absolute atomic E-state index is 13.8. The molecule has 179 valence electrons. The number of halogens is 3. The summed E-state index contributed by atoms with van der Waals surface area (Å²) in [5.74, 6) is 0.199. The normalized spacial score (nSPS) is 20.4. The van der Waals surface area contributed by atoms with Crippen LogP contribution in [0.15, 0.2) is 23.0 Å². The molecule has 33 heavy (non-hydrogen) atoms. The fraction of sp³-hybridized carbons (Fsp3) is 0.542. The third-order valence-corrected chi connectivity index (χ3v) is 6.49. The van der Waals surface area contributed by atoms with Crippen molar-refractivity contribution in [3.8, 4) is 5.75 Å². The number of alkyl halides is 3. The van der Waals surface area contributed by atoms with Crippen molar-refractivity contribution in [2.24, 2.45) is 0 Å². The van der Waals surface area contributed by atoms with Crippen molar-refractivity contribution in [1.82, 2.24) is 4.57 Å². The van der Waals surface area contributed by atoms with Crippen LogP contribution in [0.1, 0.15) is 74.2 Å². The summed E-state index contributed by atoms with van der Waals surface area (Å²) in [6.45, 7) is 12.8. The first-order valence-corrected chi connectivity index (χ1v) is 11.0. The summed E-state index contributed by atoms with van der Waals surface area (Å²) in [5, 5.41) is 11.3. The molecule has 1 N–H and O–H groups in total. The summed E-state index contributed by atoms with van der Waals surface area (Å²) in [7, 11) is 2.98. The standard InChI is InChI=1S/C24H29F3NO4Si/c1-12-13(2)28(21(30)16(11-31-33)18(12)22(3,4)5)19-15-10-14(24(25,26)27)8-9-17(15)32-23(6,7)20(19)29/h8-10,19-20,29H,11H2,1-7H3/t19-,20+/m1/s1. The predicted molar refractivity (Wildman–Crippen MR) is 120 cm³/mol. The number of benzene rings is 1. The molecule has 9 heteroatoms. The Morgan fingerprint density at radius 2 is 1.82 bits per heavy atom. The molecular formula is C24H29F3NO4Si. The van der Waals surface area contributed by atoms with Crippen LogP contribution < -0.4 is 10.3 Å². The van der Waals surface area contributed by atoms with Gasteiger partial charge in [-0.05, 0) is 62.4 Å². The van der Waals surface area contributed by atoms with E-state index in [2.05, 4.69) is 10.5 Å². The third kappa shape index (κ3) is 4.38. The van der Waals surface area contributed by atoms with Crippen molar-refractivity contribution >= 4 is 10.5 Å². The minimum atomic E-state index is -4.59. The number of hydrogen-bond acceptors (Lipinski definition) is 4. The Kier molecular flexibility index (Phi) is 6.41. The average Bonchev–Trinajstić information content (AvgIpc) is 2.67. The van der Waals surface area contributed by atoms with Crippen LogP contribution in [0, 0.1) is 13.8 Å². The van der Waals surface area contributed by atoms with Gasteiger partial charge in [0.1, 0.15) is 17.5 Å². The highest BCUT2D eigenvalue weighted by atomic mass is 28.2. The molecule has 0 fully saturated rings. The number of fused-ring (bicyclic) bond motifs is 1. The summed E-state index contributed by atoms with van der Waals surface area (Å²) in [5.41, 5.74) is -0.164. The molecule has 0 unspecified atom stereocenters. The van der Waals surface area contributed by atoms with E-state index in [1.165, 1.54) is 10.6 Å². The van der Waals surface area contributed by atoms with E-state index in [0.717, 1.165) is 23.3 Å². The molecule has 0 aliphatic carbocycles. The van der Waals surface area contributed by atoms with Gasteiger partial charge in [-0.25, -0.2) is 0 Å². The second-order valence-corrected chi connectivity index (χ2v) is 10.4. The van der Waals surface area contributed by atoms with Crippen LogP contribution in [-0.4, -0.2) is 31.9 Å². The summed E-state index contributed by atoms with van der Waals surface area (Å²) in [6.07, 6.45) is -5.87. The number of aromatic nitrogens is 1. The highest BCUT2D eigenvalue weighted by molar-refractivity contribution is 5.97. The van der Waals surface area contributed by atoms with E-state index < -0.39 is 35.0 Å². The lowest BCUT2D eigenvalue weighted by molar-refractivity contribution is -0.137. The molecule has 1 aromatic heterocycles. The SMILES string of the molecule is Cc1c(C(C)(C)C)c(CO[Si])c(=O)n([C@@H]2c3cc(C(F)(F)F)ccc3OC(C)(C)[C@H]2O)c1C. The van der Waals surface area contributed by atoms with Crippen LogP contribution in [0.4, 0.5) is 13.2 Å². The lowest BCUT2D eigenvalue weighted by Gasteiger charge is -2.44. The van der Waals surface area contributed by atoms with E-state index in [0.29, 0.717) is 11.3 Å². The van der Waals surface area contributed by atoms with Gasteiger partial charge in [0.2, 0.25) is 10.5 Å². The van der Waals surface area contributed by atoms with Gasteiger partial charge in [-0.15, -0.1) is 0 Å². The Morgan fingerprint density at radius 1 is 1.21 bits per heavy atom. The van der Waals surface area contributed by atoms with Crippen molar-refractivity contribution in [2.45, 2.75) is 84.4 Å². The van der Waals surface area contributed by atoms with Gasteiger partial charge in [-0.2, -0.15) is 13.2 Å². The summed E-state index contributed by atoms with van der Waals surface area (Å²) in [6, 6.07) is 2.06. The maximum Gasteiger partial charge on any atom is 0.416 e. The van der Waals surface area contributed by atoms with Gasteiger partial charge in [0.15, 0.2) is 0 Å². The van der Waals surface area contributed by atoms with Gasteiger partial charge in [0.25, 0.3) is 5.56 Å². The van der Waals surface area contributed by atoms with Gasteiger partial charge in [-0.3, -0.25) is 4.79 Å². The van der Waals surface area contributed by atoms with E-state index in [1.54, 1.807) is 20.8 Å². The van der Waals surface area contributed by atoms with Crippen molar-refractivity contribution in [3.05, 3.63) is 62.1 Å². The van der Waals surface area contributed by atoms with E-state index in [1.807, 2.05) is 27.7 Å². The smallest absolute Gasteiger partial charge is 0.416 e. The van der Waals surface area contributed by atoms with Crippen LogP contribution >= 0.6 is 0 Å². The molecule has 3 rings (SSSR count). The molecule has 1 aliphatic rings. The fourth-order valence-electron chi connectivity index (χ4n) is 4.77. The Hall–Kier alpha value is -2.10. The van der Waals surface area contributed by atoms with E-state index in [4.69, 9.17) is 9.16 Å². The monoisotopic (exact) mass is 480 g/mol. The number of pyridine rings is 1. The maximum atomic E-state index is 13.8. The van der Waals surface area contributed by atoms with Crippen LogP contribution in [0.5, 0.6) is 5.75 Å². The first kappa shape index (κ1) is 25.5. The molecule has 2 atom stereocenters. The Balaban J connectivity index is 2.42. The molecule has 3 radical (unpaired) electrons. The lowest BCUT2D eigenvalue weighted by atomic mass is 9.80. The van der Waals surface area contributed by atoms with E-state index in [-0.39, 0.29) is 23.3 Å². The van der Waals surface area contributed by atoms with E-state index in [9.17, 15) is 23.1 Å². The molecule has 5 nitrogen and oxygen atoms in total. The van der Waals surface area contributed by atoms with Gasteiger partial charge < -0.3 is 18.8 Å². The molecule has 1 aromatic carbocycles. The number of hydrogen-bond donors (Lipinski definition) is 1. The number of ether oxygens (including phenoxy) is 1. The quantitative estimate of drug-likeness (QED) is 0.657. The largest absolute Gasteiger partial charge is 0.485 e. The minimum Gasteiger partial charge on any atom is -0.485 e. The second kappa shape index (κ2) is 8.28. The molecule has 0 saturated carbocycles.